The van der Waals surface area contributed by atoms with Crippen LogP contribution >= 0.6 is 0 Å². The third kappa shape index (κ3) is 3.39. The summed E-state index contributed by atoms with van der Waals surface area (Å²) in [4.78, 5) is 34.0. The van der Waals surface area contributed by atoms with Crippen LogP contribution in [0.4, 0.5) is 5.82 Å². The van der Waals surface area contributed by atoms with Gasteiger partial charge in [-0.25, -0.2) is 9.97 Å². The smallest absolute Gasteiger partial charge is 0.270 e. The number of nitrogens with two attached hydrogens (primary N) is 1. The van der Waals surface area contributed by atoms with Gasteiger partial charge in [0.1, 0.15) is 12.1 Å². The summed E-state index contributed by atoms with van der Waals surface area (Å²) in [7, 11) is 0. The number of H-pyrrole nitrogens is 1. The number of hydrogen-bond donors (Lipinski definition) is 3. The lowest BCUT2D eigenvalue weighted by Gasteiger charge is -2.22. The monoisotopic (exact) mass is 439 g/mol. The molecule has 0 fully saturated rings. The van der Waals surface area contributed by atoms with E-state index in [0.29, 0.717) is 22.2 Å². The molecule has 0 saturated heterocycles. The van der Waals surface area contributed by atoms with Gasteiger partial charge in [0.25, 0.3) is 11.5 Å². The lowest BCUT2D eigenvalue weighted by Crippen LogP contribution is -2.26. The summed E-state index contributed by atoms with van der Waals surface area (Å²) in [6, 6.07) is 16.9. The molecule has 0 unspecified atom stereocenters. The van der Waals surface area contributed by atoms with Crippen LogP contribution in [0.2, 0.25) is 0 Å². The highest BCUT2D eigenvalue weighted by Gasteiger charge is 2.21. The molecule has 4 N–H and O–H groups in total. The number of para-hydroxylation sites is 1. The van der Waals surface area contributed by atoms with E-state index < -0.39 is 5.91 Å². The lowest BCUT2D eigenvalue weighted by atomic mass is 10.0. The summed E-state index contributed by atoms with van der Waals surface area (Å²) in [5.41, 5.74) is 8.23. The Morgan fingerprint density at radius 1 is 1.09 bits per heavy atom. The van der Waals surface area contributed by atoms with E-state index in [0.717, 1.165) is 22.3 Å². The number of amides is 1. The fourth-order valence-corrected chi connectivity index (χ4v) is 4.14. The Morgan fingerprint density at radius 3 is 2.64 bits per heavy atom. The third-order valence-corrected chi connectivity index (χ3v) is 5.69. The Hall–Kier alpha value is -4.53. The zero-order valence-electron chi connectivity index (χ0n) is 18.0. The maximum atomic E-state index is 13.7. The first-order valence-corrected chi connectivity index (χ1v) is 10.4. The highest BCUT2D eigenvalue weighted by molar-refractivity contribution is 6.07. The average molecular weight is 439 g/mol. The van der Waals surface area contributed by atoms with Gasteiger partial charge in [-0.1, -0.05) is 36.4 Å². The number of aryl methyl sites for hydroxylation is 1. The molecule has 0 aliphatic heterocycles. The zero-order valence-corrected chi connectivity index (χ0v) is 18.0. The van der Waals surface area contributed by atoms with E-state index in [1.54, 1.807) is 4.57 Å². The van der Waals surface area contributed by atoms with E-state index in [-0.39, 0.29) is 17.3 Å². The van der Waals surface area contributed by atoms with Gasteiger partial charge in [-0.3, -0.25) is 19.3 Å². The summed E-state index contributed by atoms with van der Waals surface area (Å²) < 4.78 is 1.70. The van der Waals surface area contributed by atoms with Gasteiger partial charge >= 0.3 is 0 Å². The molecular weight excluding hydrogens is 418 g/mol. The zero-order chi connectivity index (χ0) is 23.1. The molecular formula is C24H21N7O2. The molecule has 9 heteroatoms. The van der Waals surface area contributed by atoms with Crippen LogP contribution in [0.3, 0.4) is 0 Å². The van der Waals surface area contributed by atoms with Crippen molar-refractivity contribution in [1.82, 2.24) is 24.7 Å². The van der Waals surface area contributed by atoms with Crippen LogP contribution in [0.25, 0.3) is 27.5 Å². The van der Waals surface area contributed by atoms with Crippen molar-refractivity contribution in [3.8, 4) is 5.69 Å². The molecule has 0 bridgehead atoms. The van der Waals surface area contributed by atoms with E-state index in [1.807, 2.05) is 68.4 Å². The van der Waals surface area contributed by atoms with Gasteiger partial charge in [0.15, 0.2) is 11.3 Å². The van der Waals surface area contributed by atoms with Crippen molar-refractivity contribution in [2.45, 2.75) is 19.9 Å². The maximum absolute atomic E-state index is 13.7. The van der Waals surface area contributed by atoms with Crippen molar-refractivity contribution in [3.05, 3.63) is 88.2 Å². The van der Waals surface area contributed by atoms with E-state index in [1.165, 1.54) is 6.33 Å². The van der Waals surface area contributed by atoms with Crippen LogP contribution in [-0.2, 0) is 0 Å². The minimum Gasteiger partial charge on any atom is -0.364 e. The fraction of sp³-hybridized carbons (Fsp3) is 0.125. The van der Waals surface area contributed by atoms with Crippen molar-refractivity contribution in [2.24, 2.45) is 5.73 Å². The number of carbonyl (C=O) groups excluding carboxylic acids is 1. The van der Waals surface area contributed by atoms with Crippen LogP contribution in [0.1, 0.15) is 34.7 Å². The number of anilines is 1. The molecule has 2 aromatic carbocycles. The molecule has 164 valence electrons. The summed E-state index contributed by atoms with van der Waals surface area (Å²) >= 11 is 0. The second kappa shape index (κ2) is 7.86. The Bertz CT molecular complexity index is 1570. The molecule has 1 atom stereocenters. The SMILES string of the molecule is Cc1cccc2cc([C@H](C)Nc3ncnc4[nH]nc(C(N)=O)c34)n(-c3ccccc3)c(=O)c12. The van der Waals surface area contributed by atoms with Crippen LogP contribution in [-0.4, -0.2) is 30.6 Å². The number of nitrogens with one attached hydrogen (secondary N) is 2. The second-order valence-electron chi connectivity index (χ2n) is 7.83. The Labute approximate surface area is 188 Å². The molecule has 33 heavy (non-hydrogen) atoms. The van der Waals surface area contributed by atoms with E-state index in [4.69, 9.17) is 5.73 Å². The summed E-state index contributed by atoms with van der Waals surface area (Å²) in [6.45, 7) is 3.86. The van der Waals surface area contributed by atoms with E-state index in [2.05, 4.69) is 25.5 Å². The van der Waals surface area contributed by atoms with Crippen LogP contribution in [0.15, 0.2) is 65.7 Å². The number of pyridine rings is 1. The maximum Gasteiger partial charge on any atom is 0.270 e. The van der Waals surface area contributed by atoms with Gasteiger partial charge < -0.3 is 11.1 Å². The highest BCUT2D eigenvalue weighted by atomic mass is 16.1. The second-order valence-corrected chi connectivity index (χ2v) is 7.83. The number of nitrogens with zero attached hydrogens (tertiary/aromatic N) is 4. The van der Waals surface area contributed by atoms with Gasteiger partial charge in [0.05, 0.1) is 16.8 Å². The van der Waals surface area contributed by atoms with E-state index >= 15 is 0 Å². The largest absolute Gasteiger partial charge is 0.364 e. The van der Waals surface area contributed by atoms with Crippen LogP contribution in [0, 0.1) is 6.92 Å². The predicted molar refractivity (Wildman–Crippen MR) is 127 cm³/mol. The molecule has 5 rings (SSSR count). The number of aromatic nitrogens is 5. The number of aromatic amines is 1. The van der Waals surface area contributed by atoms with E-state index in [9.17, 15) is 9.59 Å². The van der Waals surface area contributed by atoms with Gasteiger partial charge in [-0.15, -0.1) is 0 Å². The number of hydrogen-bond acceptors (Lipinski definition) is 6. The highest BCUT2D eigenvalue weighted by Crippen LogP contribution is 2.28. The summed E-state index contributed by atoms with van der Waals surface area (Å²) in [5, 5.41) is 11.9. The summed E-state index contributed by atoms with van der Waals surface area (Å²) in [5.74, 6) is -0.291. The standard InChI is InChI=1S/C24H21N7O2/c1-13-7-6-8-15-11-17(31(24(33)18(13)15)16-9-4-3-5-10-16)14(2)28-22-19-20(21(25)32)29-30-23(19)27-12-26-22/h3-12,14H,1-2H3,(H2,25,32)(H2,26,27,28,29,30)/t14-/m0/s1. The molecule has 0 spiro atoms. The van der Waals surface area contributed by atoms with Crippen molar-refractivity contribution in [3.63, 3.8) is 0 Å². The van der Waals surface area contributed by atoms with Crippen molar-refractivity contribution < 1.29 is 4.79 Å². The molecule has 0 radical (unpaired) electrons. The first kappa shape index (κ1) is 20.4. The Morgan fingerprint density at radius 2 is 1.88 bits per heavy atom. The number of fused-ring (bicyclic) bond motifs is 2. The molecule has 1 amide bonds. The number of benzene rings is 2. The minimum absolute atomic E-state index is 0.0508. The normalized spacial score (nSPS) is 12.2. The quantitative estimate of drug-likeness (QED) is 0.385. The summed E-state index contributed by atoms with van der Waals surface area (Å²) in [6.07, 6.45) is 1.37. The number of primary amides is 1. The molecule has 9 nitrogen and oxygen atoms in total. The van der Waals surface area contributed by atoms with Gasteiger partial charge in [0.2, 0.25) is 0 Å². The van der Waals surface area contributed by atoms with Gasteiger partial charge in [-0.05, 0) is 43.0 Å². The first-order chi connectivity index (χ1) is 16.0. The van der Waals surface area contributed by atoms with Crippen molar-refractivity contribution >= 4 is 33.5 Å². The molecule has 0 aliphatic rings. The van der Waals surface area contributed by atoms with Crippen molar-refractivity contribution in [1.29, 1.82) is 0 Å². The molecule has 3 heterocycles. The lowest BCUT2D eigenvalue weighted by molar-refractivity contribution is 0.0997. The molecule has 0 aliphatic carbocycles. The molecule has 3 aromatic heterocycles. The minimum atomic E-state index is -0.686. The molecule has 5 aromatic rings. The van der Waals surface area contributed by atoms with Crippen LogP contribution < -0.4 is 16.6 Å². The third-order valence-electron chi connectivity index (χ3n) is 5.69. The van der Waals surface area contributed by atoms with Crippen LogP contribution in [0.5, 0.6) is 0 Å². The first-order valence-electron chi connectivity index (χ1n) is 10.4. The van der Waals surface area contributed by atoms with Gasteiger partial charge in [-0.2, -0.15) is 5.10 Å². The number of rotatable bonds is 5. The van der Waals surface area contributed by atoms with Crippen molar-refractivity contribution in [2.75, 3.05) is 5.32 Å². The van der Waals surface area contributed by atoms with Gasteiger partial charge in [0, 0.05) is 11.4 Å². The molecule has 0 saturated carbocycles. The number of carbonyl (C=O) groups is 1. The Balaban J connectivity index is 1.71. The topological polar surface area (TPSA) is 132 Å². The fourth-order valence-electron chi connectivity index (χ4n) is 4.14. The average Bonchev–Trinajstić information content (AvgIpc) is 3.25. The Kier molecular flexibility index (Phi) is 4.86. The predicted octanol–water partition coefficient (Wildman–Crippen LogP) is 3.24.